The summed E-state index contributed by atoms with van der Waals surface area (Å²) >= 11 is 7.76. The van der Waals surface area contributed by atoms with E-state index in [0.717, 1.165) is 34.1 Å². The maximum absolute atomic E-state index is 11.8. The molecular weight excluding hydrogens is 320 g/mol. The normalized spacial score (nSPS) is 10.7. The van der Waals surface area contributed by atoms with E-state index >= 15 is 0 Å². The lowest BCUT2D eigenvalue weighted by atomic mass is 10.2. The van der Waals surface area contributed by atoms with Crippen molar-refractivity contribution in [2.24, 2.45) is 0 Å². The second kappa shape index (κ2) is 8.25. The van der Waals surface area contributed by atoms with E-state index < -0.39 is 0 Å². The van der Waals surface area contributed by atoms with Gasteiger partial charge in [0, 0.05) is 35.1 Å². The molecule has 0 saturated carbocycles. The average Bonchev–Trinajstić information content (AvgIpc) is 2.82. The van der Waals surface area contributed by atoms with Gasteiger partial charge in [-0.25, -0.2) is 0 Å². The number of aromatic nitrogens is 1. The topological polar surface area (TPSA) is 55.1 Å². The molecule has 6 heteroatoms. The van der Waals surface area contributed by atoms with Crippen LogP contribution in [0.1, 0.15) is 29.0 Å². The van der Waals surface area contributed by atoms with Gasteiger partial charge in [0.2, 0.25) is 5.91 Å². The van der Waals surface area contributed by atoms with Crippen LogP contribution in [0.4, 0.5) is 0 Å². The van der Waals surface area contributed by atoms with Gasteiger partial charge in [-0.1, -0.05) is 35.0 Å². The average molecular weight is 339 g/mol. The summed E-state index contributed by atoms with van der Waals surface area (Å²) < 4.78 is 5.12. The van der Waals surface area contributed by atoms with Gasteiger partial charge in [0.25, 0.3) is 0 Å². The van der Waals surface area contributed by atoms with Crippen molar-refractivity contribution < 1.29 is 9.32 Å². The first-order chi connectivity index (χ1) is 10.6. The lowest BCUT2D eigenvalue weighted by Crippen LogP contribution is -2.23. The smallest absolute Gasteiger partial charge is 0.221 e. The molecule has 22 heavy (non-hydrogen) atoms. The second-order valence-corrected chi connectivity index (χ2v) is 6.49. The van der Waals surface area contributed by atoms with Crippen molar-refractivity contribution in [3.05, 3.63) is 51.9 Å². The molecule has 0 unspecified atom stereocenters. The van der Waals surface area contributed by atoms with Gasteiger partial charge in [0.05, 0.1) is 5.69 Å². The lowest BCUT2D eigenvalue weighted by Gasteiger charge is -2.07. The summed E-state index contributed by atoms with van der Waals surface area (Å²) in [6, 6.07) is 7.52. The molecular formula is C16H19ClN2O2S. The largest absolute Gasteiger partial charge is 0.361 e. The first-order valence-electron chi connectivity index (χ1n) is 7.07. The fourth-order valence-electron chi connectivity index (χ4n) is 1.97. The van der Waals surface area contributed by atoms with Crippen LogP contribution in [0.3, 0.4) is 0 Å². The number of hydrogen-bond donors (Lipinski definition) is 1. The van der Waals surface area contributed by atoms with E-state index in [2.05, 4.69) is 10.5 Å². The third-order valence-corrected chi connectivity index (χ3v) is 4.69. The zero-order chi connectivity index (χ0) is 15.9. The Morgan fingerprint density at radius 3 is 2.82 bits per heavy atom. The van der Waals surface area contributed by atoms with Crippen molar-refractivity contribution in [1.29, 1.82) is 0 Å². The summed E-state index contributed by atoms with van der Waals surface area (Å²) in [5.74, 6) is 2.47. The third-order valence-electron chi connectivity index (χ3n) is 3.33. The number of thioether (sulfide) groups is 1. The van der Waals surface area contributed by atoms with Crippen LogP contribution in [0.5, 0.6) is 0 Å². The van der Waals surface area contributed by atoms with E-state index in [1.54, 1.807) is 11.8 Å². The number of benzene rings is 1. The summed E-state index contributed by atoms with van der Waals surface area (Å²) in [6.07, 6.45) is 0.485. The third kappa shape index (κ3) is 4.78. The van der Waals surface area contributed by atoms with Gasteiger partial charge < -0.3 is 9.84 Å². The van der Waals surface area contributed by atoms with Crippen LogP contribution >= 0.6 is 23.4 Å². The molecule has 1 amide bonds. The molecule has 0 fully saturated rings. The fraction of sp³-hybridized carbons (Fsp3) is 0.375. The molecule has 1 aromatic heterocycles. The minimum atomic E-state index is 0.0335. The molecule has 4 nitrogen and oxygen atoms in total. The second-order valence-electron chi connectivity index (χ2n) is 4.97. The van der Waals surface area contributed by atoms with Crippen molar-refractivity contribution in [2.75, 3.05) is 5.75 Å². The summed E-state index contributed by atoms with van der Waals surface area (Å²) in [5, 5.41) is 7.49. The summed E-state index contributed by atoms with van der Waals surface area (Å²) in [4.78, 5) is 11.8. The highest BCUT2D eigenvalue weighted by molar-refractivity contribution is 7.98. The molecule has 1 aromatic carbocycles. The molecule has 0 aliphatic rings. The lowest BCUT2D eigenvalue weighted by molar-refractivity contribution is -0.120. The zero-order valence-electron chi connectivity index (χ0n) is 12.7. The van der Waals surface area contributed by atoms with Crippen LogP contribution in [0.15, 0.2) is 28.8 Å². The molecule has 0 saturated heterocycles. The van der Waals surface area contributed by atoms with Crippen LogP contribution in [0, 0.1) is 13.8 Å². The standard InChI is InChI=1S/C16H19ClN2O2S/c1-11-14(12(2)21-19-11)10-22-8-7-16(20)18-9-13-5-3-4-6-15(13)17/h3-6H,7-10H2,1-2H3,(H,18,20). The van der Waals surface area contributed by atoms with Crippen LogP contribution in [0.2, 0.25) is 5.02 Å². The Balaban J connectivity index is 1.67. The van der Waals surface area contributed by atoms with Gasteiger partial charge in [-0.15, -0.1) is 0 Å². The molecule has 2 rings (SSSR count). The van der Waals surface area contributed by atoms with Crippen LogP contribution < -0.4 is 5.32 Å². The number of rotatable bonds is 7. The van der Waals surface area contributed by atoms with Crippen molar-refractivity contribution in [3.63, 3.8) is 0 Å². The number of carbonyl (C=O) groups excluding carboxylic acids is 1. The number of aryl methyl sites for hydroxylation is 2. The van der Waals surface area contributed by atoms with Gasteiger partial charge >= 0.3 is 0 Å². The molecule has 1 N–H and O–H groups in total. The quantitative estimate of drug-likeness (QED) is 0.778. The maximum atomic E-state index is 11.8. The van der Waals surface area contributed by atoms with E-state index in [0.29, 0.717) is 18.0 Å². The van der Waals surface area contributed by atoms with Crippen molar-refractivity contribution in [3.8, 4) is 0 Å². The van der Waals surface area contributed by atoms with E-state index in [4.69, 9.17) is 16.1 Å². The number of nitrogens with zero attached hydrogens (tertiary/aromatic N) is 1. The predicted octanol–water partition coefficient (Wildman–Crippen LogP) is 3.88. The number of amides is 1. The Morgan fingerprint density at radius 2 is 2.14 bits per heavy atom. The zero-order valence-corrected chi connectivity index (χ0v) is 14.3. The van der Waals surface area contributed by atoms with Crippen LogP contribution in [-0.4, -0.2) is 16.8 Å². The highest BCUT2D eigenvalue weighted by atomic mass is 35.5. The molecule has 0 aliphatic heterocycles. The predicted molar refractivity (Wildman–Crippen MR) is 90.1 cm³/mol. The molecule has 0 atom stereocenters. The molecule has 2 aromatic rings. The van der Waals surface area contributed by atoms with Gasteiger partial charge in [-0.3, -0.25) is 4.79 Å². The van der Waals surface area contributed by atoms with E-state index in [9.17, 15) is 4.79 Å². The van der Waals surface area contributed by atoms with Gasteiger partial charge in [-0.05, 0) is 25.5 Å². The first kappa shape index (κ1) is 16.9. The Morgan fingerprint density at radius 1 is 1.36 bits per heavy atom. The van der Waals surface area contributed by atoms with Gasteiger partial charge in [0.1, 0.15) is 5.76 Å². The van der Waals surface area contributed by atoms with Crippen molar-refractivity contribution >= 4 is 29.3 Å². The number of halogens is 1. The Bertz CT molecular complexity index is 623. The highest BCUT2D eigenvalue weighted by Gasteiger charge is 2.09. The van der Waals surface area contributed by atoms with E-state index in [-0.39, 0.29) is 5.91 Å². The molecule has 0 spiro atoms. The number of hydrogen-bond acceptors (Lipinski definition) is 4. The fourth-order valence-corrected chi connectivity index (χ4v) is 3.26. The Labute approximate surface area is 139 Å². The number of nitrogens with one attached hydrogen (secondary N) is 1. The summed E-state index contributed by atoms with van der Waals surface area (Å²) in [7, 11) is 0. The Kier molecular flexibility index (Phi) is 6.34. The summed E-state index contributed by atoms with van der Waals surface area (Å²) in [6.45, 7) is 4.31. The molecule has 0 radical (unpaired) electrons. The van der Waals surface area contributed by atoms with Gasteiger partial charge in [-0.2, -0.15) is 11.8 Å². The highest BCUT2D eigenvalue weighted by Crippen LogP contribution is 2.20. The molecule has 0 bridgehead atoms. The van der Waals surface area contributed by atoms with Crippen LogP contribution in [-0.2, 0) is 17.1 Å². The number of carbonyl (C=O) groups is 1. The van der Waals surface area contributed by atoms with E-state index in [1.165, 1.54) is 0 Å². The van der Waals surface area contributed by atoms with Crippen molar-refractivity contribution in [1.82, 2.24) is 10.5 Å². The Hall–Kier alpha value is -1.46. The minimum Gasteiger partial charge on any atom is -0.361 e. The van der Waals surface area contributed by atoms with Gasteiger partial charge in [0.15, 0.2) is 0 Å². The summed E-state index contributed by atoms with van der Waals surface area (Å²) in [5.41, 5.74) is 2.98. The van der Waals surface area contributed by atoms with Crippen molar-refractivity contribution in [2.45, 2.75) is 32.6 Å². The minimum absolute atomic E-state index is 0.0335. The first-order valence-corrected chi connectivity index (χ1v) is 8.60. The monoisotopic (exact) mass is 338 g/mol. The molecule has 0 aliphatic carbocycles. The van der Waals surface area contributed by atoms with Crippen LogP contribution in [0.25, 0.3) is 0 Å². The van der Waals surface area contributed by atoms with E-state index in [1.807, 2.05) is 38.1 Å². The SMILES string of the molecule is Cc1noc(C)c1CSCCC(=O)NCc1ccccc1Cl. The maximum Gasteiger partial charge on any atom is 0.221 e. The molecule has 118 valence electrons. The molecule has 1 heterocycles.